The van der Waals surface area contributed by atoms with E-state index >= 15 is 0 Å². The standard InChI is InChI=1S/C18H20FN3/c1-2-13-7-8-17-16(11-13)21-18(9-10-20)22(17)12-14-5-3-4-6-15(14)19/h3-8,11H,2,9-10,12,20H2,1H3. The van der Waals surface area contributed by atoms with Crippen molar-refractivity contribution in [3.8, 4) is 0 Å². The Labute approximate surface area is 129 Å². The molecule has 0 aliphatic carbocycles. The first-order chi connectivity index (χ1) is 10.7. The molecule has 0 spiro atoms. The van der Waals surface area contributed by atoms with E-state index in [1.807, 2.05) is 12.1 Å². The highest BCUT2D eigenvalue weighted by atomic mass is 19.1. The van der Waals surface area contributed by atoms with Crippen LogP contribution < -0.4 is 5.73 Å². The lowest BCUT2D eigenvalue weighted by molar-refractivity contribution is 0.597. The monoisotopic (exact) mass is 297 g/mol. The summed E-state index contributed by atoms with van der Waals surface area (Å²) in [5.41, 5.74) is 9.61. The predicted octanol–water partition coefficient (Wildman–Crippen LogP) is 3.29. The van der Waals surface area contributed by atoms with Crippen LogP contribution >= 0.6 is 0 Å². The third-order valence-electron chi connectivity index (χ3n) is 3.95. The number of fused-ring (bicyclic) bond motifs is 1. The van der Waals surface area contributed by atoms with Crippen LogP contribution in [0.5, 0.6) is 0 Å². The zero-order valence-corrected chi connectivity index (χ0v) is 12.7. The second-order valence-electron chi connectivity index (χ2n) is 5.42. The quantitative estimate of drug-likeness (QED) is 0.785. The molecule has 0 radical (unpaired) electrons. The molecule has 2 N–H and O–H groups in total. The largest absolute Gasteiger partial charge is 0.330 e. The fourth-order valence-electron chi connectivity index (χ4n) is 2.74. The second-order valence-corrected chi connectivity index (χ2v) is 5.42. The summed E-state index contributed by atoms with van der Waals surface area (Å²) in [5, 5.41) is 0. The van der Waals surface area contributed by atoms with Crippen LogP contribution in [-0.2, 0) is 19.4 Å². The van der Waals surface area contributed by atoms with Gasteiger partial charge in [0.25, 0.3) is 0 Å². The molecule has 1 heterocycles. The summed E-state index contributed by atoms with van der Waals surface area (Å²) in [4.78, 5) is 4.70. The third-order valence-corrected chi connectivity index (χ3v) is 3.95. The third kappa shape index (κ3) is 2.74. The summed E-state index contributed by atoms with van der Waals surface area (Å²) in [6, 6.07) is 13.2. The van der Waals surface area contributed by atoms with E-state index in [4.69, 9.17) is 10.7 Å². The summed E-state index contributed by atoms with van der Waals surface area (Å²) >= 11 is 0. The lowest BCUT2D eigenvalue weighted by Gasteiger charge is -2.10. The van der Waals surface area contributed by atoms with Crippen LogP contribution in [0.15, 0.2) is 42.5 Å². The molecule has 3 aromatic rings. The molecule has 0 aliphatic heterocycles. The normalized spacial score (nSPS) is 11.2. The van der Waals surface area contributed by atoms with Crippen molar-refractivity contribution in [1.29, 1.82) is 0 Å². The van der Waals surface area contributed by atoms with Gasteiger partial charge >= 0.3 is 0 Å². The molecular formula is C18H20FN3. The smallest absolute Gasteiger partial charge is 0.128 e. The van der Waals surface area contributed by atoms with Crippen molar-refractivity contribution in [2.24, 2.45) is 5.73 Å². The zero-order valence-electron chi connectivity index (χ0n) is 12.7. The number of hydrogen-bond acceptors (Lipinski definition) is 2. The van der Waals surface area contributed by atoms with Gasteiger partial charge in [-0.05, 0) is 36.7 Å². The molecule has 0 saturated carbocycles. The van der Waals surface area contributed by atoms with Crippen LogP contribution in [0.2, 0.25) is 0 Å². The first-order valence-electron chi connectivity index (χ1n) is 7.64. The topological polar surface area (TPSA) is 43.8 Å². The van der Waals surface area contributed by atoms with Gasteiger partial charge in [0.1, 0.15) is 11.6 Å². The maximum Gasteiger partial charge on any atom is 0.128 e. The molecule has 0 aliphatic rings. The molecule has 3 nitrogen and oxygen atoms in total. The summed E-state index contributed by atoms with van der Waals surface area (Å²) in [7, 11) is 0. The zero-order chi connectivity index (χ0) is 15.5. The van der Waals surface area contributed by atoms with E-state index in [0.29, 0.717) is 25.1 Å². The van der Waals surface area contributed by atoms with Gasteiger partial charge in [0.2, 0.25) is 0 Å². The van der Waals surface area contributed by atoms with Gasteiger partial charge in [-0.3, -0.25) is 0 Å². The van der Waals surface area contributed by atoms with Crippen molar-refractivity contribution in [3.63, 3.8) is 0 Å². The van der Waals surface area contributed by atoms with E-state index in [1.165, 1.54) is 11.6 Å². The van der Waals surface area contributed by atoms with Crippen molar-refractivity contribution in [2.75, 3.05) is 6.54 Å². The molecule has 3 rings (SSSR count). The van der Waals surface area contributed by atoms with E-state index in [2.05, 4.69) is 29.7 Å². The van der Waals surface area contributed by atoms with Crippen molar-refractivity contribution >= 4 is 11.0 Å². The van der Waals surface area contributed by atoms with Crippen molar-refractivity contribution in [3.05, 3.63) is 65.2 Å². The van der Waals surface area contributed by atoms with E-state index in [-0.39, 0.29) is 5.82 Å². The van der Waals surface area contributed by atoms with Gasteiger partial charge in [0.15, 0.2) is 0 Å². The highest BCUT2D eigenvalue weighted by Gasteiger charge is 2.12. The maximum atomic E-state index is 14.0. The van der Waals surface area contributed by atoms with Gasteiger partial charge in [-0.1, -0.05) is 31.2 Å². The Balaban J connectivity index is 2.09. The van der Waals surface area contributed by atoms with Crippen LogP contribution in [0, 0.1) is 5.82 Å². The summed E-state index contributed by atoms with van der Waals surface area (Å²) in [5.74, 6) is 0.724. The Bertz CT molecular complexity index is 792. The average Bonchev–Trinajstić information content (AvgIpc) is 2.86. The van der Waals surface area contributed by atoms with Gasteiger partial charge in [0, 0.05) is 12.0 Å². The Kier molecular flexibility index (Phi) is 4.20. The van der Waals surface area contributed by atoms with Gasteiger partial charge in [0.05, 0.1) is 17.6 Å². The molecular weight excluding hydrogens is 277 g/mol. The van der Waals surface area contributed by atoms with Crippen molar-refractivity contribution in [2.45, 2.75) is 26.3 Å². The van der Waals surface area contributed by atoms with Crippen molar-refractivity contribution in [1.82, 2.24) is 9.55 Å². The van der Waals surface area contributed by atoms with E-state index < -0.39 is 0 Å². The fraction of sp³-hybridized carbons (Fsp3) is 0.278. The number of aryl methyl sites for hydroxylation is 1. The Morgan fingerprint density at radius 2 is 2.00 bits per heavy atom. The van der Waals surface area contributed by atoms with Gasteiger partial charge in [-0.2, -0.15) is 0 Å². The Morgan fingerprint density at radius 3 is 2.73 bits per heavy atom. The number of imidazole rings is 1. The summed E-state index contributed by atoms with van der Waals surface area (Å²) in [6.07, 6.45) is 1.66. The van der Waals surface area contributed by atoms with Crippen LogP contribution in [0.25, 0.3) is 11.0 Å². The molecule has 0 saturated heterocycles. The Morgan fingerprint density at radius 1 is 1.18 bits per heavy atom. The molecule has 1 aromatic heterocycles. The summed E-state index contributed by atoms with van der Waals surface area (Å²) in [6.45, 7) is 3.13. The molecule has 0 bridgehead atoms. The van der Waals surface area contributed by atoms with E-state index in [0.717, 1.165) is 23.3 Å². The average molecular weight is 297 g/mol. The lowest BCUT2D eigenvalue weighted by atomic mass is 10.1. The maximum absolute atomic E-state index is 14.0. The predicted molar refractivity (Wildman–Crippen MR) is 87.4 cm³/mol. The molecule has 2 aromatic carbocycles. The highest BCUT2D eigenvalue weighted by Crippen LogP contribution is 2.21. The van der Waals surface area contributed by atoms with E-state index in [1.54, 1.807) is 6.07 Å². The van der Waals surface area contributed by atoms with Gasteiger partial charge in [-0.15, -0.1) is 0 Å². The number of nitrogens with zero attached hydrogens (tertiary/aromatic N) is 2. The minimum atomic E-state index is -0.187. The molecule has 114 valence electrons. The van der Waals surface area contributed by atoms with Crippen LogP contribution in [0.1, 0.15) is 23.9 Å². The number of halogens is 1. The first kappa shape index (κ1) is 14.7. The summed E-state index contributed by atoms with van der Waals surface area (Å²) < 4.78 is 16.0. The van der Waals surface area contributed by atoms with Crippen LogP contribution in [0.4, 0.5) is 4.39 Å². The molecule has 22 heavy (non-hydrogen) atoms. The molecule has 0 amide bonds. The lowest BCUT2D eigenvalue weighted by Crippen LogP contribution is -2.11. The number of aromatic nitrogens is 2. The SMILES string of the molecule is CCc1ccc2c(c1)nc(CCN)n2Cc1ccccc1F. The number of benzene rings is 2. The molecule has 0 atom stereocenters. The van der Waals surface area contributed by atoms with Gasteiger partial charge < -0.3 is 10.3 Å². The molecule has 4 heteroatoms. The molecule has 0 unspecified atom stereocenters. The number of hydrogen-bond donors (Lipinski definition) is 1. The highest BCUT2D eigenvalue weighted by molar-refractivity contribution is 5.77. The van der Waals surface area contributed by atoms with Crippen molar-refractivity contribution < 1.29 is 4.39 Å². The van der Waals surface area contributed by atoms with Crippen LogP contribution in [-0.4, -0.2) is 16.1 Å². The molecule has 0 fully saturated rings. The minimum absolute atomic E-state index is 0.187. The van der Waals surface area contributed by atoms with E-state index in [9.17, 15) is 4.39 Å². The second kappa shape index (κ2) is 6.28. The minimum Gasteiger partial charge on any atom is -0.330 e. The number of nitrogens with two attached hydrogens (primary N) is 1. The number of rotatable bonds is 5. The first-order valence-corrected chi connectivity index (χ1v) is 7.64. The van der Waals surface area contributed by atoms with Crippen LogP contribution in [0.3, 0.4) is 0 Å². The van der Waals surface area contributed by atoms with Gasteiger partial charge in [-0.25, -0.2) is 9.37 Å². The Hall–Kier alpha value is -2.20. The fourth-order valence-corrected chi connectivity index (χ4v) is 2.74.